The van der Waals surface area contributed by atoms with Crippen molar-refractivity contribution < 1.29 is 19.2 Å². The highest BCUT2D eigenvalue weighted by atomic mass is 16.5. The number of carboxylic acids is 1. The largest absolute Gasteiger partial charge is 0.480 e. The molecule has 0 saturated carbocycles. The normalized spacial score (nSPS) is 23.1. The lowest BCUT2D eigenvalue weighted by Gasteiger charge is -2.30. The Balaban J connectivity index is 2.25. The molecular formula is C13H18N2O4. The van der Waals surface area contributed by atoms with Gasteiger partial charge in [-0.25, -0.2) is 4.79 Å². The Kier molecular flexibility index (Phi) is 3.34. The van der Waals surface area contributed by atoms with Crippen molar-refractivity contribution in [2.75, 3.05) is 6.54 Å². The number of rotatable bonds is 3. The lowest BCUT2D eigenvalue weighted by atomic mass is 9.99. The predicted octanol–water partition coefficient (Wildman–Crippen LogP) is 1.88. The van der Waals surface area contributed by atoms with Gasteiger partial charge in [0.05, 0.1) is 5.69 Å². The van der Waals surface area contributed by atoms with Gasteiger partial charge >= 0.3 is 5.97 Å². The van der Waals surface area contributed by atoms with Crippen LogP contribution in [-0.4, -0.2) is 39.1 Å². The third-order valence-corrected chi connectivity index (χ3v) is 3.68. The lowest BCUT2D eigenvalue weighted by molar-refractivity contribution is -0.147. The van der Waals surface area contributed by atoms with Gasteiger partial charge in [0.2, 0.25) is 5.76 Å². The molecule has 2 rings (SSSR count). The third-order valence-electron chi connectivity index (χ3n) is 3.68. The zero-order valence-electron chi connectivity index (χ0n) is 11.3. The summed E-state index contributed by atoms with van der Waals surface area (Å²) < 4.78 is 5.04. The first-order chi connectivity index (χ1) is 8.86. The summed E-state index contributed by atoms with van der Waals surface area (Å²) in [4.78, 5) is 25.0. The minimum Gasteiger partial charge on any atom is -0.480 e. The second-order valence-electron chi connectivity index (χ2n) is 5.41. The van der Waals surface area contributed by atoms with Gasteiger partial charge in [-0.15, -0.1) is 0 Å². The molecule has 0 aliphatic carbocycles. The molecule has 0 radical (unpaired) electrons. The molecule has 104 valence electrons. The number of aromatic nitrogens is 1. The van der Waals surface area contributed by atoms with Crippen LogP contribution in [0.3, 0.4) is 0 Å². The first-order valence-corrected chi connectivity index (χ1v) is 6.38. The van der Waals surface area contributed by atoms with Crippen molar-refractivity contribution in [3.05, 3.63) is 17.5 Å². The van der Waals surface area contributed by atoms with Crippen LogP contribution in [-0.2, 0) is 4.79 Å². The second-order valence-corrected chi connectivity index (χ2v) is 5.41. The molecule has 0 aromatic carbocycles. The molecule has 19 heavy (non-hydrogen) atoms. The van der Waals surface area contributed by atoms with E-state index in [0.29, 0.717) is 25.1 Å². The number of likely N-dealkylation sites (tertiary alicyclic amines) is 1. The van der Waals surface area contributed by atoms with Gasteiger partial charge in [-0.3, -0.25) is 4.79 Å². The van der Waals surface area contributed by atoms with Gasteiger partial charge in [0.1, 0.15) is 5.54 Å². The van der Waals surface area contributed by atoms with Gasteiger partial charge < -0.3 is 14.5 Å². The fourth-order valence-corrected chi connectivity index (χ4v) is 2.31. The zero-order valence-corrected chi connectivity index (χ0v) is 11.3. The van der Waals surface area contributed by atoms with Crippen LogP contribution in [0.5, 0.6) is 0 Å². The molecule has 6 nitrogen and oxygen atoms in total. The van der Waals surface area contributed by atoms with Crippen molar-refractivity contribution in [2.45, 2.75) is 45.1 Å². The molecule has 6 heteroatoms. The third kappa shape index (κ3) is 2.22. The smallest absolute Gasteiger partial charge is 0.329 e. The van der Waals surface area contributed by atoms with Crippen LogP contribution in [0.2, 0.25) is 0 Å². The number of carbonyl (C=O) groups excluding carboxylic acids is 1. The van der Waals surface area contributed by atoms with Crippen molar-refractivity contribution in [3.8, 4) is 0 Å². The van der Waals surface area contributed by atoms with E-state index in [2.05, 4.69) is 5.16 Å². The van der Waals surface area contributed by atoms with Crippen LogP contribution in [0.15, 0.2) is 10.6 Å². The first-order valence-electron chi connectivity index (χ1n) is 6.38. The Morgan fingerprint density at radius 1 is 1.53 bits per heavy atom. The van der Waals surface area contributed by atoms with Gasteiger partial charge in [0, 0.05) is 12.6 Å². The molecule has 1 amide bonds. The highest BCUT2D eigenvalue weighted by molar-refractivity contribution is 5.96. The Morgan fingerprint density at radius 3 is 2.74 bits per heavy atom. The van der Waals surface area contributed by atoms with E-state index >= 15 is 0 Å². The van der Waals surface area contributed by atoms with E-state index in [1.807, 2.05) is 13.8 Å². The number of nitrogens with zero attached hydrogens (tertiary/aromatic N) is 2. The molecule has 1 unspecified atom stereocenters. The molecule has 1 fully saturated rings. The van der Waals surface area contributed by atoms with Crippen LogP contribution in [0.25, 0.3) is 0 Å². The van der Waals surface area contributed by atoms with E-state index in [1.165, 1.54) is 4.90 Å². The minimum absolute atomic E-state index is 0.109. The Hall–Kier alpha value is -1.85. The van der Waals surface area contributed by atoms with Crippen LogP contribution < -0.4 is 0 Å². The SMILES string of the molecule is CC(C)c1cc(C(=O)N2CCCC2(C)C(=O)O)on1. The molecule has 1 aromatic heterocycles. The van der Waals surface area contributed by atoms with Gasteiger partial charge in [-0.05, 0) is 25.7 Å². The average Bonchev–Trinajstić information content (AvgIpc) is 2.95. The number of aliphatic carboxylic acids is 1. The molecular weight excluding hydrogens is 248 g/mol. The van der Waals surface area contributed by atoms with Crippen molar-refractivity contribution in [1.82, 2.24) is 10.1 Å². The fraction of sp³-hybridized carbons (Fsp3) is 0.615. The number of hydrogen-bond donors (Lipinski definition) is 1. The molecule has 1 aromatic rings. The van der Waals surface area contributed by atoms with Crippen LogP contribution in [0.4, 0.5) is 0 Å². The summed E-state index contributed by atoms with van der Waals surface area (Å²) in [5, 5.41) is 13.1. The molecule has 0 spiro atoms. The maximum absolute atomic E-state index is 12.3. The summed E-state index contributed by atoms with van der Waals surface area (Å²) in [5.74, 6) is -1.11. The van der Waals surface area contributed by atoms with E-state index in [1.54, 1.807) is 13.0 Å². The van der Waals surface area contributed by atoms with E-state index in [0.717, 1.165) is 0 Å². The van der Waals surface area contributed by atoms with Crippen LogP contribution in [0, 0.1) is 0 Å². The molecule has 1 atom stereocenters. The number of carboxylic acid groups (broad SMARTS) is 1. The Bertz CT molecular complexity index is 508. The van der Waals surface area contributed by atoms with E-state index in [4.69, 9.17) is 4.52 Å². The standard InChI is InChI=1S/C13H18N2O4/c1-8(2)9-7-10(19-14-9)11(16)15-6-4-5-13(15,3)12(17)18/h7-8H,4-6H2,1-3H3,(H,17,18). The molecule has 1 aliphatic heterocycles. The van der Waals surface area contributed by atoms with E-state index in [-0.39, 0.29) is 11.7 Å². The summed E-state index contributed by atoms with van der Waals surface area (Å²) in [5.41, 5.74) is -0.457. The first kappa shape index (κ1) is 13.6. The highest BCUT2D eigenvalue weighted by Crippen LogP contribution is 2.31. The topological polar surface area (TPSA) is 83.6 Å². The number of hydrogen-bond acceptors (Lipinski definition) is 4. The Labute approximate surface area is 111 Å². The maximum atomic E-state index is 12.3. The minimum atomic E-state index is -1.15. The maximum Gasteiger partial charge on any atom is 0.329 e. The molecule has 1 aliphatic rings. The molecule has 1 saturated heterocycles. The predicted molar refractivity (Wildman–Crippen MR) is 66.9 cm³/mol. The fourth-order valence-electron chi connectivity index (χ4n) is 2.31. The summed E-state index contributed by atoms with van der Waals surface area (Å²) >= 11 is 0. The van der Waals surface area contributed by atoms with Gasteiger partial charge in [0.15, 0.2) is 0 Å². The molecule has 2 heterocycles. The number of amides is 1. The van der Waals surface area contributed by atoms with E-state index < -0.39 is 17.4 Å². The van der Waals surface area contributed by atoms with Crippen molar-refractivity contribution in [3.63, 3.8) is 0 Å². The zero-order chi connectivity index (χ0) is 14.2. The van der Waals surface area contributed by atoms with Crippen molar-refractivity contribution in [2.24, 2.45) is 0 Å². The van der Waals surface area contributed by atoms with Crippen LogP contribution >= 0.6 is 0 Å². The van der Waals surface area contributed by atoms with Crippen LogP contribution in [0.1, 0.15) is 55.8 Å². The average molecular weight is 266 g/mol. The van der Waals surface area contributed by atoms with Gasteiger partial charge in [-0.2, -0.15) is 0 Å². The Morgan fingerprint density at radius 2 is 2.21 bits per heavy atom. The summed E-state index contributed by atoms with van der Waals surface area (Å²) in [6.07, 6.45) is 1.14. The summed E-state index contributed by atoms with van der Waals surface area (Å²) in [6, 6.07) is 1.59. The molecule has 1 N–H and O–H groups in total. The summed E-state index contributed by atoms with van der Waals surface area (Å²) in [6.45, 7) is 5.89. The lowest BCUT2D eigenvalue weighted by Crippen LogP contribution is -2.50. The number of carbonyl (C=O) groups is 2. The summed E-state index contributed by atoms with van der Waals surface area (Å²) in [7, 11) is 0. The van der Waals surface area contributed by atoms with Gasteiger partial charge in [-0.1, -0.05) is 19.0 Å². The highest BCUT2D eigenvalue weighted by Gasteiger charge is 2.46. The molecule has 0 bridgehead atoms. The monoisotopic (exact) mass is 266 g/mol. The van der Waals surface area contributed by atoms with Gasteiger partial charge in [0.25, 0.3) is 5.91 Å². The quantitative estimate of drug-likeness (QED) is 0.903. The van der Waals surface area contributed by atoms with E-state index in [9.17, 15) is 14.7 Å². The van der Waals surface area contributed by atoms with Crippen molar-refractivity contribution >= 4 is 11.9 Å². The van der Waals surface area contributed by atoms with Crippen molar-refractivity contribution in [1.29, 1.82) is 0 Å². The second kappa shape index (κ2) is 4.68.